The number of alkyl halides is 2. The zero-order chi connectivity index (χ0) is 15.1. The molecule has 1 rings (SSSR count). The largest absolute Gasteiger partial charge is 0.435 e. The van der Waals surface area contributed by atoms with Crippen molar-refractivity contribution in [3.63, 3.8) is 0 Å². The molecule has 3 nitrogen and oxygen atoms in total. The molecule has 0 bridgehead atoms. The van der Waals surface area contributed by atoms with Gasteiger partial charge in [0.25, 0.3) is 0 Å². The lowest BCUT2D eigenvalue weighted by atomic mass is 10.0. The Morgan fingerprint density at radius 1 is 1.20 bits per heavy atom. The maximum atomic E-state index is 12.0. The van der Waals surface area contributed by atoms with Gasteiger partial charge in [0.05, 0.1) is 0 Å². The molecule has 0 radical (unpaired) electrons. The Morgan fingerprint density at radius 2 is 1.80 bits per heavy atom. The van der Waals surface area contributed by atoms with E-state index in [9.17, 15) is 8.78 Å². The molecule has 0 saturated carbocycles. The van der Waals surface area contributed by atoms with Crippen molar-refractivity contribution in [1.82, 2.24) is 4.90 Å². The van der Waals surface area contributed by atoms with Crippen LogP contribution in [-0.4, -0.2) is 31.1 Å². The van der Waals surface area contributed by atoms with Crippen LogP contribution in [0.5, 0.6) is 5.75 Å². The van der Waals surface area contributed by atoms with Crippen molar-refractivity contribution in [2.45, 2.75) is 39.5 Å². The highest BCUT2D eigenvalue weighted by atomic mass is 19.3. The number of nitrogens with two attached hydrogens (primary N) is 1. The van der Waals surface area contributed by atoms with E-state index in [1.54, 1.807) is 24.3 Å². The Bertz CT molecular complexity index is 382. The van der Waals surface area contributed by atoms with Gasteiger partial charge >= 0.3 is 6.61 Å². The SMILES string of the molecule is CC(C)C(N)CCN(C)Cc1ccc(OC(F)F)cc1. The van der Waals surface area contributed by atoms with Gasteiger partial charge < -0.3 is 15.4 Å². The Morgan fingerprint density at radius 3 is 2.30 bits per heavy atom. The molecule has 0 fully saturated rings. The molecule has 0 amide bonds. The van der Waals surface area contributed by atoms with E-state index in [0.29, 0.717) is 5.92 Å². The molecule has 114 valence electrons. The van der Waals surface area contributed by atoms with Gasteiger partial charge in [-0.1, -0.05) is 26.0 Å². The lowest BCUT2D eigenvalue weighted by molar-refractivity contribution is -0.0498. The fourth-order valence-corrected chi connectivity index (χ4v) is 1.87. The number of benzene rings is 1. The van der Waals surface area contributed by atoms with Gasteiger partial charge in [-0.15, -0.1) is 0 Å². The molecule has 1 aromatic rings. The second kappa shape index (κ2) is 8.17. The number of halogens is 2. The highest BCUT2D eigenvalue weighted by Gasteiger charge is 2.09. The molecule has 0 spiro atoms. The minimum atomic E-state index is -2.78. The molecule has 1 aromatic carbocycles. The van der Waals surface area contributed by atoms with Crippen molar-refractivity contribution >= 4 is 0 Å². The number of ether oxygens (including phenoxy) is 1. The first-order valence-electron chi connectivity index (χ1n) is 6.86. The van der Waals surface area contributed by atoms with E-state index >= 15 is 0 Å². The van der Waals surface area contributed by atoms with Crippen LogP contribution >= 0.6 is 0 Å². The third-order valence-corrected chi connectivity index (χ3v) is 3.30. The zero-order valence-corrected chi connectivity index (χ0v) is 12.4. The molecule has 2 N–H and O–H groups in total. The molecule has 1 atom stereocenters. The Hall–Kier alpha value is -1.20. The quantitative estimate of drug-likeness (QED) is 0.798. The highest BCUT2D eigenvalue weighted by Crippen LogP contribution is 2.16. The van der Waals surface area contributed by atoms with E-state index in [4.69, 9.17) is 5.73 Å². The molecule has 1 unspecified atom stereocenters. The lowest BCUT2D eigenvalue weighted by Crippen LogP contribution is -2.31. The molecule has 0 saturated heterocycles. The van der Waals surface area contributed by atoms with Gasteiger partial charge in [0.15, 0.2) is 0 Å². The smallest absolute Gasteiger partial charge is 0.387 e. The Kier molecular flexibility index (Phi) is 6.88. The maximum Gasteiger partial charge on any atom is 0.387 e. The lowest BCUT2D eigenvalue weighted by Gasteiger charge is -2.21. The molecule has 0 aromatic heterocycles. The van der Waals surface area contributed by atoms with Crippen molar-refractivity contribution in [3.8, 4) is 5.75 Å². The van der Waals surface area contributed by atoms with Crippen LogP contribution in [0.3, 0.4) is 0 Å². The van der Waals surface area contributed by atoms with Crippen molar-refractivity contribution < 1.29 is 13.5 Å². The summed E-state index contributed by atoms with van der Waals surface area (Å²) < 4.78 is 28.4. The van der Waals surface area contributed by atoms with Crippen LogP contribution in [0.4, 0.5) is 8.78 Å². The average Bonchev–Trinajstić information content (AvgIpc) is 2.37. The molecule has 20 heavy (non-hydrogen) atoms. The normalized spacial score (nSPS) is 13.2. The number of hydrogen-bond donors (Lipinski definition) is 1. The average molecular weight is 286 g/mol. The maximum absolute atomic E-state index is 12.0. The van der Waals surface area contributed by atoms with Gasteiger partial charge in [-0.25, -0.2) is 0 Å². The first-order chi connectivity index (χ1) is 9.38. The predicted molar refractivity (Wildman–Crippen MR) is 76.8 cm³/mol. The summed E-state index contributed by atoms with van der Waals surface area (Å²) in [5.74, 6) is 0.669. The van der Waals surface area contributed by atoms with Crippen LogP contribution in [0.1, 0.15) is 25.8 Å². The molecular weight excluding hydrogens is 262 g/mol. The van der Waals surface area contributed by atoms with Gasteiger partial charge in [-0.2, -0.15) is 8.78 Å². The van der Waals surface area contributed by atoms with Gasteiger partial charge in [0, 0.05) is 12.6 Å². The number of nitrogens with zero attached hydrogens (tertiary/aromatic N) is 1. The number of rotatable bonds is 8. The first-order valence-corrected chi connectivity index (χ1v) is 6.86. The summed E-state index contributed by atoms with van der Waals surface area (Å²) in [7, 11) is 2.02. The second-order valence-electron chi connectivity index (χ2n) is 5.46. The van der Waals surface area contributed by atoms with Gasteiger partial charge in [-0.3, -0.25) is 0 Å². The third kappa shape index (κ3) is 6.30. The fourth-order valence-electron chi connectivity index (χ4n) is 1.87. The monoisotopic (exact) mass is 286 g/mol. The topological polar surface area (TPSA) is 38.5 Å². The molecule has 0 heterocycles. The van der Waals surface area contributed by atoms with Gasteiger partial charge in [0.1, 0.15) is 5.75 Å². The van der Waals surface area contributed by atoms with Crippen LogP contribution in [0.25, 0.3) is 0 Å². The molecule has 0 aliphatic rings. The van der Waals surface area contributed by atoms with E-state index in [1.807, 2.05) is 7.05 Å². The minimum absolute atomic E-state index is 0.188. The first kappa shape index (κ1) is 16.9. The summed E-state index contributed by atoms with van der Waals surface area (Å²) in [6, 6.07) is 6.94. The zero-order valence-electron chi connectivity index (χ0n) is 12.4. The fraction of sp³-hybridized carbons (Fsp3) is 0.600. The van der Waals surface area contributed by atoms with E-state index < -0.39 is 6.61 Å². The Labute approximate surface area is 119 Å². The molecular formula is C15H24F2N2O. The summed E-state index contributed by atoms with van der Waals surface area (Å²) >= 11 is 0. The van der Waals surface area contributed by atoms with Crippen molar-refractivity contribution in [2.75, 3.05) is 13.6 Å². The molecule has 5 heteroatoms. The Balaban J connectivity index is 2.40. The number of hydrogen-bond acceptors (Lipinski definition) is 3. The summed E-state index contributed by atoms with van der Waals surface area (Å²) in [6.07, 6.45) is 0.945. The second-order valence-corrected chi connectivity index (χ2v) is 5.46. The van der Waals surface area contributed by atoms with E-state index in [0.717, 1.165) is 25.1 Å². The minimum Gasteiger partial charge on any atom is -0.435 e. The summed E-state index contributed by atoms with van der Waals surface area (Å²) in [5, 5.41) is 0. The summed E-state index contributed by atoms with van der Waals surface area (Å²) in [5.41, 5.74) is 7.07. The van der Waals surface area contributed by atoms with Crippen molar-refractivity contribution in [1.29, 1.82) is 0 Å². The van der Waals surface area contributed by atoms with Crippen molar-refractivity contribution in [2.24, 2.45) is 11.7 Å². The van der Waals surface area contributed by atoms with Gasteiger partial charge in [0.2, 0.25) is 0 Å². The third-order valence-electron chi connectivity index (χ3n) is 3.30. The van der Waals surface area contributed by atoms with E-state index in [-0.39, 0.29) is 11.8 Å². The van der Waals surface area contributed by atoms with Crippen LogP contribution in [0, 0.1) is 5.92 Å². The van der Waals surface area contributed by atoms with E-state index in [2.05, 4.69) is 23.5 Å². The highest BCUT2D eigenvalue weighted by molar-refractivity contribution is 5.27. The molecule has 0 aliphatic carbocycles. The van der Waals surface area contributed by atoms with Crippen LogP contribution < -0.4 is 10.5 Å². The summed E-state index contributed by atoms with van der Waals surface area (Å²) in [4.78, 5) is 2.17. The van der Waals surface area contributed by atoms with Gasteiger partial charge in [-0.05, 0) is 43.6 Å². The summed E-state index contributed by atoms with van der Waals surface area (Å²) in [6.45, 7) is 3.13. The van der Waals surface area contributed by atoms with Crippen molar-refractivity contribution in [3.05, 3.63) is 29.8 Å². The van der Waals surface area contributed by atoms with Crippen LogP contribution in [0.15, 0.2) is 24.3 Å². The standard InChI is InChI=1S/C15H24F2N2O/c1-11(2)14(18)8-9-19(3)10-12-4-6-13(7-5-12)20-15(16)17/h4-7,11,14-15H,8-10,18H2,1-3H3. The molecule has 0 aliphatic heterocycles. The van der Waals surface area contributed by atoms with E-state index in [1.165, 1.54) is 0 Å². The predicted octanol–water partition coefficient (Wildman–Crippen LogP) is 3.09. The van der Waals surface area contributed by atoms with Crippen LogP contribution in [-0.2, 0) is 6.54 Å². The van der Waals surface area contributed by atoms with Crippen LogP contribution in [0.2, 0.25) is 0 Å².